The van der Waals surface area contributed by atoms with Crippen LogP contribution in [0, 0.1) is 0 Å². The van der Waals surface area contributed by atoms with Crippen molar-refractivity contribution < 1.29 is 31.5 Å². The van der Waals surface area contributed by atoms with Crippen LogP contribution in [-0.4, -0.2) is 31.3 Å². The topological polar surface area (TPSA) is 83.5 Å². The summed E-state index contributed by atoms with van der Waals surface area (Å²) in [6, 6.07) is 2.43. The van der Waals surface area contributed by atoms with Gasteiger partial charge < -0.3 is 10.4 Å². The Balaban J connectivity index is 2.25. The van der Waals surface area contributed by atoms with Crippen LogP contribution in [-0.2, 0) is 27.4 Å². The van der Waals surface area contributed by atoms with Crippen LogP contribution in [0.4, 0.5) is 13.2 Å². The number of sulfone groups is 1. The van der Waals surface area contributed by atoms with Crippen molar-refractivity contribution in [3.05, 3.63) is 29.3 Å². The summed E-state index contributed by atoms with van der Waals surface area (Å²) < 4.78 is 61.9. The van der Waals surface area contributed by atoms with Gasteiger partial charge in [0.15, 0.2) is 9.84 Å². The van der Waals surface area contributed by atoms with Crippen LogP contribution in [0.3, 0.4) is 0 Å². The van der Waals surface area contributed by atoms with E-state index in [-0.39, 0.29) is 12.1 Å². The highest BCUT2D eigenvalue weighted by molar-refractivity contribution is 7.90. The molecule has 1 fully saturated rings. The molecule has 2 N–H and O–H groups in total. The lowest BCUT2D eigenvalue weighted by Gasteiger charge is -2.21. The van der Waals surface area contributed by atoms with Gasteiger partial charge in [-0.3, -0.25) is 4.79 Å². The minimum absolute atomic E-state index is 0.000182. The molecule has 0 unspecified atom stereocenters. The molecule has 0 spiro atoms. The quantitative estimate of drug-likeness (QED) is 0.855. The van der Waals surface area contributed by atoms with Crippen molar-refractivity contribution in [1.29, 1.82) is 0 Å². The SMILES string of the molecule is CS(=O)(=O)c1cc(CNC(=O)C2(O)CCCC2)cc(C(F)(F)F)c1. The van der Waals surface area contributed by atoms with Crippen LogP contribution >= 0.6 is 0 Å². The molecule has 1 saturated carbocycles. The highest BCUT2D eigenvalue weighted by Crippen LogP contribution is 2.32. The van der Waals surface area contributed by atoms with Gasteiger partial charge in [-0.05, 0) is 49.4 Å². The van der Waals surface area contributed by atoms with Crippen molar-refractivity contribution in [2.75, 3.05) is 6.26 Å². The average molecular weight is 365 g/mol. The normalized spacial score (nSPS) is 17.7. The van der Waals surface area contributed by atoms with Crippen molar-refractivity contribution >= 4 is 15.7 Å². The zero-order valence-corrected chi connectivity index (χ0v) is 13.8. The van der Waals surface area contributed by atoms with Crippen molar-refractivity contribution in [3.8, 4) is 0 Å². The third-order valence-electron chi connectivity index (χ3n) is 4.03. The molecular weight excluding hydrogens is 347 g/mol. The summed E-state index contributed by atoms with van der Waals surface area (Å²) in [7, 11) is -3.84. The van der Waals surface area contributed by atoms with Gasteiger partial charge in [-0.15, -0.1) is 0 Å². The van der Waals surface area contributed by atoms with E-state index in [9.17, 15) is 31.5 Å². The smallest absolute Gasteiger partial charge is 0.380 e. The number of hydrogen-bond acceptors (Lipinski definition) is 4. The number of carbonyl (C=O) groups is 1. The van der Waals surface area contributed by atoms with Gasteiger partial charge in [0, 0.05) is 12.8 Å². The summed E-state index contributed by atoms with van der Waals surface area (Å²) in [5.41, 5.74) is -2.60. The van der Waals surface area contributed by atoms with Gasteiger partial charge in [-0.1, -0.05) is 0 Å². The molecule has 24 heavy (non-hydrogen) atoms. The maximum atomic E-state index is 12.9. The Labute approximate surface area is 137 Å². The third kappa shape index (κ3) is 4.27. The number of carbonyl (C=O) groups excluding carboxylic acids is 1. The monoisotopic (exact) mass is 365 g/mol. The lowest BCUT2D eigenvalue weighted by atomic mass is 10.0. The third-order valence-corrected chi connectivity index (χ3v) is 5.12. The second-order valence-corrected chi connectivity index (χ2v) is 8.07. The molecule has 0 aliphatic heterocycles. The first kappa shape index (κ1) is 18.7. The molecule has 0 saturated heterocycles. The number of rotatable bonds is 4. The van der Waals surface area contributed by atoms with Crippen LogP contribution in [0.25, 0.3) is 0 Å². The van der Waals surface area contributed by atoms with E-state index in [1.54, 1.807) is 0 Å². The Hall–Kier alpha value is -1.61. The second kappa shape index (κ2) is 6.36. The molecule has 0 bridgehead atoms. The van der Waals surface area contributed by atoms with Crippen molar-refractivity contribution in [3.63, 3.8) is 0 Å². The average Bonchev–Trinajstić information content (AvgIpc) is 2.91. The Bertz CT molecular complexity index is 738. The van der Waals surface area contributed by atoms with E-state index < -0.39 is 38.0 Å². The molecule has 2 rings (SSSR count). The fourth-order valence-corrected chi connectivity index (χ4v) is 3.38. The zero-order chi connectivity index (χ0) is 18.2. The summed E-state index contributed by atoms with van der Waals surface area (Å²) in [5.74, 6) is -0.654. The van der Waals surface area contributed by atoms with Gasteiger partial charge in [-0.25, -0.2) is 8.42 Å². The van der Waals surface area contributed by atoms with Gasteiger partial charge in [0.25, 0.3) is 5.91 Å². The minimum Gasteiger partial charge on any atom is -0.380 e. The number of benzene rings is 1. The summed E-state index contributed by atoms with van der Waals surface area (Å²) in [6.45, 7) is -0.298. The van der Waals surface area contributed by atoms with E-state index in [0.717, 1.165) is 18.4 Å². The zero-order valence-electron chi connectivity index (χ0n) is 13.0. The molecule has 1 aliphatic carbocycles. The highest BCUT2D eigenvalue weighted by atomic mass is 32.2. The molecule has 5 nitrogen and oxygen atoms in total. The molecule has 9 heteroatoms. The Morgan fingerprint density at radius 3 is 2.33 bits per heavy atom. The second-order valence-electron chi connectivity index (χ2n) is 6.06. The lowest BCUT2D eigenvalue weighted by molar-refractivity contribution is -0.139. The Morgan fingerprint density at radius 2 is 1.83 bits per heavy atom. The van der Waals surface area contributed by atoms with E-state index >= 15 is 0 Å². The molecule has 0 atom stereocenters. The highest BCUT2D eigenvalue weighted by Gasteiger charge is 2.38. The number of nitrogens with one attached hydrogen (secondary N) is 1. The number of halogens is 3. The summed E-state index contributed by atoms with van der Waals surface area (Å²) in [6.07, 6.45) is -1.89. The van der Waals surface area contributed by atoms with Gasteiger partial charge >= 0.3 is 6.18 Å². The number of alkyl halides is 3. The fraction of sp³-hybridized carbons (Fsp3) is 0.533. The maximum Gasteiger partial charge on any atom is 0.416 e. The number of hydrogen-bond donors (Lipinski definition) is 2. The van der Waals surface area contributed by atoms with Crippen LogP contribution < -0.4 is 5.32 Å². The van der Waals surface area contributed by atoms with Crippen molar-refractivity contribution in [1.82, 2.24) is 5.32 Å². The standard InChI is InChI=1S/C15H18F3NO4S/c1-24(22,23)12-7-10(6-11(8-12)15(16,17)18)9-19-13(20)14(21)4-2-3-5-14/h6-8,21H,2-5,9H2,1H3,(H,19,20). The molecule has 0 heterocycles. The summed E-state index contributed by atoms with van der Waals surface area (Å²) in [4.78, 5) is 11.5. The molecule has 1 aromatic carbocycles. The molecule has 1 aromatic rings. The Kier molecular flexibility index (Phi) is 4.96. The fourth-order valence-electron chi connectivity index (χ4n) is 2.67. The lowest BCUT2D eigenvalue weighted by Crippen LogP contribution is -2.44. The van der Waals surface area contributed by atoms with Crippen molar-refractivity contribution in [2.45, 2.75) is 48.9 Å². The van der Waals surface area contributed by atoms with Crippen LogP contribution in [0.2, 0.25) is 0 Å². The van der Waals surface area contributed by atoms with E-state index in [2.05, 4.69) is 5.32 Å². The molecule has 1 amide bonds. The molecule has 0 aromatic heterocycles. The summed E-state index contributed by atoms with van der Waals surface area (Å²) >= 11 is 0. The largest absolute Gasteiger partial charge is 0.416 e. The first-order chi connectivity index (χ1) is 10.9. The van der Waals surface area contributed by atoms with E-state index in [1.807, 2.05) is 0 Å². The van der Waals surface area contributed by atoms with E-state index in [1.165, 1.54) is 0 Å². The molecule has 0 radical (unpaired) electrons. The van der Waals surface area contributed by atoms with Gasteiger partial charge in [0.2, 0.25) is 0 Å². The van der Waals surface area contributed by atoms with E-state index in [0.29, 0.717) is 31.7 Å². The van der Waals surface area contributed by atoms with Crippen LogP contribution in [0.15, 0.2) is 23.1 Å². The predicted molar refractivity (Wildman–Crippen MR) is 79.8 cm³/mol. The first-order valence-electron chi connectivity index (χ1n) is 7.34. The molecule has 134 valence electrons. The summed E-state index contributed by atoms with van der Waals surface area (Å²) in [5, 5.41) is 12.5. The van der Waals surface area contributed by atoms with Gasteiger partial charge in [0.05, 0.1) is 10.5 Å². The molecular formula is C15H18F3NO4S. The predicted octanol–water partition coefficient (Wildman–Crippen LogP) is 2.03. The maximum absolute atomic E-state index is 12.9. The molecule has 1 aliphatic rings. The van der Waals surface area contributed by atoms with Crippen molar-refractivity contribution in [2.24, 2.45) is 0 Å². The Morgan fingerprint density at radius 1 is 1.25 bits per heavy atom. The number of aliphatic hydroxyl groups is 1. The van der Waals surface area contributed by atoms with Gasteiger partial charge in [0.1, 0.15) is 5.60 Å². The first-order valence-corrected chi connectivity index (χ1v) is 9.23. The van der Waals surface area contributed by atoms with Crippen LogP contribution in [0.5, 0.6) is 0 Å². The van der Waals surface area contributed by atoms with Crippen LogP contribution in [0.1, 0.15) is 36.8 Å². The number of amides is 1. The van der Waals surface area contributed by atoms with Gasteiger partial charge in [-0.2, -0.15) is 13.2 Å². The minimum atomic E-state index is -4.71. The van der Waals surface area contributed by atoms with E-state index in [4.69, 9.17) is 0 Å².